The number of nitriles is 1. The molecule has 0 aliphatic heterocycles. The average Bonchev–Trinajstić information content (AvgIpc) is 2.82. The van der Waals surface area contributed by atoms with E-state index in [9.17, 15) is 20.2 Å². The fraction of sp³-hybridized carbons (Fsp3) is 0.0833. The smallest absolute Gasteiger partial charge is 0.269 e. The van der Waals surface area contributed by atoms with Gasteiger partial charge in [0, 0.05) is 22.3 Å². The molecule has 0 atom stereocenters. The Labute approximate surface area is 198 Å². The van der Waals surface area contributed by atoms with Crippen LogP contribution in [-0.2, 0) is 11.4 Å². The van der Waals surface area contributed by atoms with Crippen LogP contribution in [0.4, 0.5) is 11.4 Å². The lowest BCUT2D eigenvalue weighted by molar-refractivity contribution is -0.384. The second-order valence-corrected chi connectivity index (χ2v) is 7.67. The maximum Gasteiger partial charge on any atom is 0.269 e. The van der Waals surface area contributed by atoms with Crippen LogP contribution in [0.5, 0.6) is 11.5 Å². The van der Waals surface area contributed by atoms with Crippen molar-refractivity contribution in [1.29, 1.82) is 5.26 Å². The first-order chi connectivity index (χ1) is 15.9. The van der Waals surface area contributed by atoms with Crippen LogP contribution < -0.4 is 14.8 Å². The van der Waals surface area contributed by atoms with E-state index in [1.165, 1.54) is 37.5 Å². The first kappa shape index (κ1) is 23.5. The maximum atomic E-state index is 12.5. The van der Waals surface area contributed by atoms with E-state index >= 15 is 0 Å². The van der Waals surface area contributed by atoms with Crippen LogP contribution in [0, 0.1) is 21.4 Å². The zero-order valence-corrected chi connectivity index (χ0v) is 19.0. The van der Waals surface area contributed by atoms with Crippen molar-refractivity contribution in [3.63, 3.8) is 0 Å². The van der Waals surface area contributed by atoms with Gasteiger partial charge in [-0.3, -0.25) is 14.9 Å². The predicted molar refractivity (Wildman–Crippen MR) is 127 cm³/mol. The quantitative estimate of drug-likeness (QED) is 0.186. The molecule has 3 aromatic carbocycles. The molecule has 0 bridgehead atoms. The number of methoxy groups -OCH3 is 1. The van der Waals surface area contributed by atoms with Crippen LogP contribution in [0.3, 0.4) is 0 Å². The van der Waals surface area contributed by atoms with Gasteiger partial charge in [-0.05, 0) is 53.6 Å². The summed E-state index contributed by atoms with van der Waals surface area (Å²) in [6.45, 7) is 0.308. The number of rotatable bonds is 8. The lowest BCUT2D eigenvalue weighted by Gasteiger charge is -2.12. The first-order valence-corrected chi connectivity index (χ1v) is 10.4. The fourth-order valence-corrected chi connectivity index (χ4v) is 3.08. The molecule has 0 aliphatic rings. The number of nitrogens with zero attached hydrogens (tertiary/aromatic N) is 2. The summed E-state index contributed by atoms with van der Waals surface area (Å²) >= 11 is 3.39. The number of amides is 1. The Hall–Kier alpha value is -4.16. The number of nitrogens with one attached hydrogen (secondary N) is 1. The standard InChI is InChI=1S/C24H18BrN3O5/c1-32-22-11-4-17(13-23(22)33-15-16-2-5-19(25)6-3-16)12-18(14-26)24(29)27-20-7-9-21(10-8-20)28(30)31/h2-13H,15H2,1H3,(H,27,29)/b18-12+. The Bertz CT molecular complexity index is 1230. The lowest BCUT2D eigenvalue weighted by Crippen LogP contribution is -2.13. The first-order valence-electron chi connectivity index (χ1n) is 9.62. The summed E-state index contributed by atoms with van der Waals surface area (Å²) in [7, 11) is 1.52. The number of hydrogen-bond donors (Lipinski definition) is 1. The van der Waals surface area contributed by atoms with Gasteiger partial charge >= 0.3 is 0 Å². The Kier molecular flexibility index (Phi) is 7.78. The van der Waals surface area contributed by atoms with Crippen molar-refractivity contribution < 1.29 is 19.2 Å². The topological polar surface area (TPSA) is 114 Å². The number of benzene rings is 3. The molecule has 9 heteroatoms. The number of ether oxygens (including phenoxy) is 2. The van der Waals surface area contributed by atoms with Crippen LogP contribution in [0.15, 0.2) is 76.8 Å². The average molecular weight is 508 g/mol. The Morgan fingerprint density at radius 3 is 2.42 bits per heavy atom. The summed E-state index contributed by atoms with van der Waals surface area (Å²) in [6.07, 6.45) is 1.42. The summed E-state index contributed by atoms with van der Waals surface area (Å²) in [4.78, 5) is 22.7. The van der Waals surface area contributed by atoms with Crippen LogP contribution in [0.1, 0.15) is 11.1 Å². The van der Waals surface area contributed by atoms with Crippen molar-refractivity contribution in [2.75, 3.05) is 12.4 Å². The van der Waals surface area contributed by atoms with Crippen LogP contribution in [0.25, 0.3) is 6.08 Å². The van der Waals surface area contributed by atoms with Crippen molar-refractivity contribution in [2.24, 2.45) is 0 Å². The van der Waals surface area contributed by atoms with Crippen LogP contribution in [-0.4, -0.2) is 17.9 Å². The van der Waals surface area contributed by atoms with Crippen LogP contribution >= 0.6 is 15.9 Å². The number of anilines is 1. The molecule has 0 heterocycles. The van der Waals surface area contributed by atoms with Crippen molar-refractivity contribution in [1.82, 2.24) is 0 Å². The van der Waals surface area contributed by atoms with Gasteiger partial charge in [0.25, 0.3) is 11.6 Å². The van der Waals surface area contributed by atoms with Gasteiger partial charge in [-0.25, -0.2) is 0 Å². The van der Waals surface area contributed by atoms with E-state index in [0.29, 0.717) is 29.4 Å². The molecule has 0 unspecified atom stereocenters. The van der Waals surface area contributed by atoms with E-state index in [4.69, 9.17) is 9.47 Å². The molecule has 0 saturated heterocycles. The van der Waals surface area contributed by atoms with E-state index in [2.05, 4.69) is 21.2 Å². The van der Waals surface area contributed by atoms with Crippen LogP contribution in [0.2, 0.25) is 0 Å². The van der Waals surface area contributed by atoms with E-state index in [1.807, 2.05) is 30.3 Å². The second kappa shape index (κ2) is 10.9. The third-order valence-corrected chi connectivity index (χ3v) is 5.04. The van der Waals surface area contributed by atoms with Gasteiger partial charge in [-0.15, -0.1) is 0 Å². The molecule has 0 aliphatic carbocycles. The molecule has 3 rings (SSSR count). The highest BCUT2D eigenvalue weighted by Crippen LogP contribution is 2.30. The van der Waals surface area contributed by atoms with E-state index in [-0.39, 0.29) is 11.3 Å². The molecule has 0 fully saturated rings. The minimum Gasteiger partial charge on any atom is -0.493 e. The molecule has 3 aromatic rings. The van der Waals surface area contributed by atoms with Gasteiger partial charge < -0.3 is 14.8 Å². The minimum absolute atomic E-state index is 0.0991. The highest BCUT2D eigenvalue weighted by Gasteiger charge is 2.12. The fourth-order valence-electron chi connectivity index (χ4n) is 2.82. The minimum atomic E-state index is -0.639. The number of non-ortho nitro benzene ring substituents is 1. The van der Waals surface area contributed by atoms with Crippen molar-refractivity contribution in [3.05, 3.63) is 98.0 Å². The van der Waals surface area contributed by atoms with E-state index in [1.54, 1.807) is 18.2 Å². The summed E-state index contributed by atoms with van der Waals surface area (Å²) in [5.74, 6) is 0.333. The molecule has 0 aromatic heterocycles. The number of carbonyl (C=O) groups is 1. The number of halogens is 1. The van der Waals surface area contributed by atoms with Gasteiger partial charge in [0.2, 0.25) is 0 Å². The van der Waals surface area contributed by atoms with Gasteiger partial charge in [0.05, 0.1) is 12.0 Å². The monoisotopic (exact) mass is 507 g/mol. The Morgan fingerprint density at radius 1 is 1.12 bits per heavy atom. The number of nitro benzene ring substituents is 1. The number of carbonyl (C=O) groups excluding carboxylic acids is 1. The Morgan fingerprint density at radius 2 is 1.82 bits per heavy atom. The zero-order valence-electron chi connectivity index (χ0n) is 17.4. The van der Waals surface area contributed by atoms with Gasteiger partial charge in [0.15, 0.2) is 11.5 Å². The molecule has 166 valence electrons. The summed E-state index contributed by atoms with van der Waals surface area (Å²) in [5.41, 5.74) is 1.62. The normalized spacial score (nSPS) is 10.8. The molecule has 0 radical (unpaired) electrons. The largest absolute Gasteiger partial charge is 0.493 e. The van der Waals surface area contributed by atoms with Crippen molar-refractivity contribution in [3.8, 4) is 17.6 Å². The molecule has 0 spiro atoms. The molecule has 1 amide bonds. The van der Waals surface area contributed by atoms with Gasteiger partial charge in [0.1, 0.15) is 18.2 Å². The lowest BCUT2D eigenvalue weighted by atomic mass is 10.1. The molecule has 8 nitrogen and oxygen atoms in total. The molecule has 1 N–H and O–H groups in total. The molecular formula is C24H18BrN3O5. The Balaban J connectivity index is 1.77. The molecule has 0 saturated carbocycles. The van der Waals surface area contributed by atoms with Crippen molar-refractivity contribution in [2.45, 2.75) is 6.61 Å². The second-order valence-electron chi connectivity index (χ2n) is 6.75. The zero-order chi connectivity index (χ0) is 23.8. The van der Waals surface area contributed by atoms with E-state index < -0.39 is 10.8 Å². The summed E-state index contributed by atoms with van der Waals surface area (Å²) in [5, 5.41) is 22.8. The van der Waals surface area contributed by atoms with E-state index in [0.717, 1.165) is 10.0 Å². The molecule has 33 heavy (non-hydrogen) atoms. The number of nitro groups is 1. The summed E-state index contributed by atoms with van der Waals surface area (Å²) in [6, 6.07) is 19.9. The molecular weight excluding hydrogens is 490 g/mol. The predicted octanol–water partition coefficient (Wildman–Crippen LogP) is 5.49. The van der Waals surface area contributed by atoms with Gasteiger partial charge in [-0.2, -0.15) is 5.26 Å². The maximum absolute atomic E-state index is 12.5. The number of hydrogen-bond acceptors (Lipinski definition) is 6. The summed E-state index contributed by atoms with van der Waals surface area (Å²) < 4.78 is 12.2. The van der Waals surface area contributed by atoms with Crippen molar-refractivity contribution >= 4 is 39.3 Å². The third-order valence-electron chi connectivity index (χ3n) is 4.51. The van der Waals surface area contributed by atoms with Gasteiger partial charge in [-0.1, -0.05) is 34.1 Å². The SMILES string of the molecule is COc1ccc(/C=C(\C#N)C(=O)Nc2ccc([N+](=O)[O-])cc2)cc1OCc1ccc(Br)cc1. The highest BCUT2D eigenvalue weighted by molar-refractivity contribution is 9.10. The highest BCUT2D eigenvalue weighted by atomic mass is 79.9. The third kappa shape index (κ3) is 6.41.